The molecule has 0 atom stereocenters. The van der Waals surface area contributed by atoms with Crippen LogP contribution in [0.1, 0.15) is 44.0 Å². The van der Waals surface area contributed by atoms with Gasteiger partial charge < -0.3 is 10.0 Å². The smallest absolute Gasteiger partial charge is 0.232 e. The lowest BCUT2D eigenvalue weighted by atomic mass is 9.84. The first-order valence-electron chi connectivity index (χ1n) is 9.97. The maximum atomic E-state index is 12.7. The molecule has 0 spiro atoms. The Kier molecular flexibility index (Phi) is 5.99. The molecule has 0 bridgehead atoms. The van der Waals surface area contributed by atoms with Crippen LogP contribution in [0.4, 0.5) is 0 Å². The number of halogens is 1. The monoisotopic (exact) mass is 445 g/mol. The number of amides is 1. The topological polar surface area (TPSA) is 83.6 Å². The van der Waals surface area contributed by atoms with Crippen molar-refractivity contribution in [3.63, 3.8) is 0 Å². The molecule has 1 N–H and O–H groups in total. The first-order chi connectivity index (χ1) is 14.4. The third kappa shape index (κ3) is 4.31. The lowest BCUT2D eigenvalue weighted by molar-refractivity contribution is -0.132. The first kappa shape index (κ1) is 21.1. The minimum atomic E-state index is -0.914. The third-order valence-corrected chi connectivity index (χ3v) is 6.60. The Balaban J connectivity index is 1.36. The zero-order valence-electron chi connectivity index (χ0n) is 17.0. The molecule has 1 amide bonds. The number of aromatic nitrogens is 4. The number of aliphatic hydroxyl groups is 1. The van der Waals surface area contributed by atoms with Crippen LogP contribution >= 0.6 is 23.4 Å². The average Bonchev–Trinajstić information content (AvgIpc) is 3.16. The molecule has 0 unspecified atom stereocenters. The van der Waals surface area contributed by atoms with Gasteiger partial charge in [0.25, 0.3) is 0 Å². The van der Waals surface area contributed by atoms with E-state index >= 15 is 0 Å². The predicted octanol–water partition coefficient (Wildman–Crippen LogP) is 3.50. The van der Waals surface area contributed by atoms with Crippen LogP contribution in [0.5, 0.6) is 0 Å². The molecule has 0 radical (unpaired) electrons. The number of benzene rings is 1. The number of thioether (sulfide) groups is 1. The second kappa shape index (κ2) is 8.53. The molecule has 1 aliphatic heterocycles. The summed E-state index contributed by atoms with van der Waals surface area (Å²) in [5.74, 6) is 1.36. The lowest BCUT2D eigenvalue weighted by Gasteiger charge is -2.38. The van der Waals surface area contributed by atoms with E-state index in [1.54, 1.807) is 16.6 Å². The van der Waals surface area contributed by atoms with Crippen LogP contribution in [0.2, 0.25) is 5.02 Å². The van der Waals surface area contributed by atoms with Crippen molar-refractivity contribution in [1.82, 2.24) is 24.7 Å². The minimum absolute atomic E-state index is 0.0490. The van der Waals surface area contributed by atoms with Gasteiger partial charge in [-0.25, -0.2) is 0 Å². The second-order valence-corrected chi connectivity index (χ2v) is 9.29. The maximum Gasteiger partial charge on any atom is 0.232 e. The quantitative estimate of drug-likeness (QED) is 0.605. The van der Waals surface area contributed by atoms with E-state index in [1.165, 1.54) is 11.8 Å². The van der Waals surface area contributed by atoms with Crippen LogP contribution in [-0.4, -0.2) is 54.6 Å². The van der Waals surface area contributed by atoms with E-state index in [0.29, 0.717) is 42.4 Å². The highest BCUT2D eigenvalue weighted by atomic mass is 35.5. The Morgan fingerprint density at radius 2 is 1.87 bits per heavy atom. The number of nitrogens with zero attached hydrogens (tertiary/aromatic N) is 5. The van der Waals surface area contributed by atoms with Crippen molar-refractivity contribution >= 4 is 34.9 Å². The number of rotatable bonds is 5. The summed E-state index contributed by atoms with van der Waals surface area (Å²) in [6, 6.07) is 11.0. The molecular formula is C21H24ClN5O2S. The summed E-state index contributed by atoms with van der Waals surface area (Å²) in [7, 11) is 0. The molecule has 9 heteroatoms. The molecule has 30 heavy (non-hydrogen) atoms. The number of likely N-dealkylation sites (tertiary alicyclic amines) is 1. The van der Waals surface area contributed by atoms with Gasteiger partial charge in [-0.3, -0.25) is 4.79 Å². The van der Waals surface area contributed by atoms with Crippen LogP contribution in [-0.2, 0) is 10.4 Å². The summed E-state index contributed by atoms with van der Waals surface area (Å²) in [6.45, 7) is 5.13. The molecule has 158 valence electrons. The Hall–Kier alpha value is -2.16. The van der Waals surface area contributed by atoms with E-state index in [4.69, 9.17) is 11.6 Å². The van der Waals surface area contributed by atoms with Crippen LogP contribution in [0, 0.1) is 0 Å². The summed E-state index contributed by atoms with van der Waals surface area (Å²) in [5, 5.41) is 25.3. The van der Waals surface area contributed by atoms with E-state index in [-0.39, 0.29) is 11.8 Å². The van der Waals surface area contributed by atoms with Crippen LogP contribution in [0.25, 0.3) is 5.65 Å². The van der Waals surface area contributed by atoms with Gasteiger partial charge in [0.15, 0.2) is 11.5 Å². The van der Waals surface area contributed by atoms with Gasteiger partial charge in [-0.2, -0.15) is 9.61 Å². The van der Waals surface area contributed by atoms with Gasteiger partial charge in [-0.1, -0.05) is 49.3 Å². The molecule has 1 fully saturated rings. The maximum absolute atomic E-state index is 12.7. The molecule has 0 aliphatic carbocycles. The zero-order chi connectivity index (χ0) is 21.3. The Bertz CT molecular complexity index is 1050. The van der Waals surface area contributed by atoms with E-state index in [0.717, 1.165) is 16.4 Å². The normalized spacial score (nSPS) is 16.4. The van der Waals surface area contributed by atoms with Gasteiger partial charge in [0.1, 0.15) is 5.03 Å². The summed E-state index contributed by atoms with van der Waals surface area (Å²) < 4.78 is 1.74. The minimum Gasteiger partial charge on any atom is -0.385 e. The highest BCUT2D eigenvalue weighted by Gasteiger charge is 2.35. The van der Waals surface area contributed by atoms with Gasteiger partial charge in [0, 0.05) is 24.0 Å². The highest BCUT2D eigenvalue weighted by molar-refractivity contribution is 7.99. The van der Waals surface area contributed by atoms with Gasteiger partial charge in [-0.05, 0) is 42.7 Å². The van der Waals surface area contributed by atoms with Gasteiger partial charge >= 0.3 is 0 Å². The van der Waals surface area contributed by atoms with Gasteiger partial charge in [0.2, 0.25) is 5.91 Å². The van der Waals surface area contributed by atoms with Crippen molar-refractivity contribution in [3.8, 4) is 0 Å². The van der Waals surface area contributed by atoms with E-state index < -0.39 is 5.60 Å². The van der Waals surface area contributed by atoms with Gasteiger partial charge in [0.05, 0.1) is 11.4 Å². The Morgan fingerprint density at radius 1 is 1.17 bits per heavy atom. The third-order valence-electron chi connectivity index (χ3n) is 5.45. The molecule has 4 rings (SSSR count). The number of piperidine rings is 1. The number of carbonyl (C=O) groups is 1. The summed E-state index contributed by atoms with van der Waals surface area (Å²) in [5.41, 5.74) is 0.635. The van der Waals surface area contributed by atoms with Gasteiger partial charge in [-0.15, -0.1) is 10.2 Å². The molecule has 1 aliphatic rings. The molecule has 3 aromatic rings. The zero-order valence-corrected chi connectivity index (χ0v) is 18.5. The molecule has 7 nitrogen and oxygen atoms in total. The Morgan fingerprint density at radius 3 is 2.53 bits per heavy atom. The first-order valence-corrected chi connectivity index (χ1v) is 11.3. The van der Waals surface area contributed by atoms with Crippen molar-refractivity contribution in [1.29, 1.82) is 0 Å². The van der Waals surface area contributed by atoms with Crippen LogP contribution < -0.4 is 0 Å². The highest BCUT2D eigenvalue weighted by Crippen LogP contribution is 2.33. The fourth-order valence-corrected chi connectivity index (χ4v) is 4.51. The number of carbonyl (C=O) groups excluding carboxylic acids is 1. The molecule has 0 saturated carbocycles. The molecule has 2 aromatic heterocycles. The average molecular weight is 446 g/mol. The van der Waals surface area contributed by atoms with Crippen LogP contribution in [0.15, 0.2) is 41.4 Å². The summed E-state index contributed by atoms with van der Waals surface area (Å²) in [4.78, 5) is 14.5. The predicted molar refractivity (Wildman–Crippen MR) is 117 cm³/mol. The summed E-state index contributed by atoms with van der Waals surface area (Å²) >= 11 is 7.35. The molecule has 1 aromatic carbocycles. The SMILES string of the molecule is CC(C)c1nnc2ccc(SCC(=O)N3CCC(O)(c4ccc(Cl)cc4)CC3)nn12. The fourth-order valence-electron chi connectivity index (χ4n) is 3.63. The van der Waals surface area contributed by atoms with Crippen molar-refractivity contribution < 1.29 is 9.90 Å². The second-order valence-electron chi connectivity index (χ2n) is 7.86. The van der Waals surface area contributed by atoms with Crippen LogP contribution in [0.3, 0.4) is 0 Å². The molecule has 1 saturated heterocycles. The number of hydrogen-bond acceptors (Lipinski definition) is 6. The summed E-state index contributed by atoms with van der Waals surface area (Å²) in [6.07, 6.45) is 1.02. The number of hydrogen-bond donors (Lipinski definition) is 1. The lowest BCUT2D eigenvalue weighted by Crippen LogP contribution is -2.45. The molecular weight excluding hydrogens is 422 g/mol. The standard InChI is InChI=1S/C21H24ClN5O2S/c1-14(2)20-24-23-17-7-8-18(25-27(17)20)30-13-19(28)26-11-9-21(29,10-12-26)15-3-5-16(22)6-4-15/h3-8,14,29H,9-13H2,1-2H3. The van der Waals surface area contributed by atoms with E-state index in [9.17, 15) is 9.90 Å². The van der Waals surface area contributed by atoms with E-state index in [2.05, 4.69) is 15.3 Å². The van der Waals surface area contributed by atoms with Crippen molar-refractivity contribution in [2.45, 2.75) is 43.2 Å². The molecule has 3 heterocycles. The van der Waals surface area contributed by atoms with E-state index in [1.807, 2.05) is 43.0 Å². The number of fused-ring (bicyclic) bond motifs is 1. The Labute approximate surface area is 184 Å². The fraction of sp³-hybridized carbons (Fsp3) is 0.429. The van der Waals surface area contributed by atoms with Crippen molar-refractivity contribution in [3.05, 3.63) is 52.8 Å². The van der Waals surface area contributed by atoms with Crippen molar-refractivity contribution in [2.75, 3.05) is 18.8 Å². The van der Waals surface area contributed by atoms with Crippen molar-refractivity contribution in [2.24, 2.45) is 0 Å². The largest absolute Gasteiger partial charge is 0.385 e.